The molecule has 0 spiro atoms. The van der Waals surface area contributed by atoms with E-state index in [0.717, 1.165) is 18.4 Å². The average Bonchev–Trinajstić information content (AvgIpc) is 3.30. The van der Waals surface area contributed by atoms with Gasteiger partial charge in [0.25, 0.3) is 0 Å². The molecule has 0 saturated heterocycles. The number of anilines is 1. The maximum atomic E-state index is 12.5. The van der Waals surface area contributed by atoms with E-state index in [1.165, 1.54) is 6.92 Å². The molecule has 1 aliphatic rings. The van der Waals surface area contributed by atoms with Crippen LogP contribution in [0.15, 0.2) is 48.5 Å². The smallest absolute Gasteiger partial charge is 0.321 e. The topological polar surface area (TPSA) is 55.4 Å². The maximum Gasteiger partial charge on any atom is 0.321 e. The highest BCUT2D eigenvalue weighted by atomic mass is 35.5. The minimum Gasteiger partial charge on any atom is -0.426 e. The molecule has 1 fully saturated rings. The number of nitrogens with one attached hydrogen (secondary N) is 1. The van der Waals surface area contributed by atoms with E-state index in [4.69, 9.17) is 16.3 Å². The summed E-state index contributed by atoms with van der Waals surface area (Å²) < 4.78 is 5.50. The van der Waals surface area contributed by atoms with E-state index in [1.807, 2.05) is 18.2 Å². The fraction of sp³-hybridized carbons (Fsp3) is 0.222. The van der Waals surface area contributed by atoms with E-state index >= 15 is 0 Å². The quantitative estimate of drug-likeness (QED) is 0.683. The summed E-state index contributed by atoms with van der Waals surface area (Å²) in [6, 6.07) is 14.1. The Bertz CT molecular complexity index is 751. The van der Waals surface area contributed by atoms with Crippen molar-refractivity contribution < 1.29 is 14.3 Å². The first-order valence-corrected chi connectivity index (χ1v) is 7.73. The van der Waals surface area contributed by atoms with Gasteiger partial charge in [-0.1, -0.05) is 23.7 Å². The summed E-state index contributed by atoms with van der Waals surface area (Å²) in [6.45, 7) is 1.44. The molecule has 0 atom stereocenters. The molecule has 2 aromatic rings. The fourth-order valence-electron chi connectivity index (χ4n) is 2.54. The van der Waals surface area contributed by atoms with Gasteiger partial charge in [-0.15, -0.1) is 0 Å². The molecule has 23 heavy (non-hydrogen) atoms. The Hall–Kier alpha value is -2.33. The Kier molecular flexibility index (Phi) is 4.09. The van der Waals surface area contributed by atoms with E-state index in [9.17, 15) is 9.59 Å². The molecule has 2 aromatic carbocycles. The second-order valence-corrected chi connectivity index (χ2v) is 6.12. The standard InChI is InChI=1S/C18H16ClNO3/c1-12(21)20-15-5-7-16(8-6-15)23-17(22)18(9-10-18)13-3-2-4-14(19)11-13/h2-8,11H,9-10H2,1H3,(H,20,21). The zero-order chi connectivity index (χ0) is 16.4. The van der Waals surface area contributed by atoms with Gasteiger partial charge in [-0.05, 0) is 54.8 Å². The van der Waals surface area contributed by atoms with E-state index in [2.05, 4.69) is 5.32 Å². The van der Waals surface area contributed by atoms with E-state index in [-0.39, 0.29) is 11.9 Å². The molecule has 3 rings (SSSR count). The van der Waals surface area contributed by atoms with Crippen LogP contribution in [0.1, 0.15) is 25.3 Å². The van der Waals surface area contributed by atoms with Crippen LogP contribution in [0.2, 0.25) is 5.02 Å². The minimum absolute atomic E-state index is 0.146. The minimum atomic E-state index is -0.582. The van der Waals surface area contributed by atoms with Gasteiger partial charge in [-0.2, -0.15) is 0 Å². The highest BCUT2D eigenvalue weighted by Crippen LogP contribution is 2.49. The van der Waals surface area contributed by atoms with Crippen LogP contribution < -0.4 is 10.1 Å². The molecule has 1 aliphatic carbocycles. The van der Waals surface area contributed by atoms with Crippen molar-refractivity contribution in [2.45, 2.75) is 25.2 Å². The van der Waals surface area contributed by atoms with E-state index in [1.54, 1.807) is 30.3 Å². The van der Waals surface area contributed by atoms with Gasteiger partial charge in [-0.3, -0.25) is 9.59 Å². The second-order valence-electron chi connectivity index (χ2n) is 5.69. The lowest BCUT2D eigenvalue weighted by Crippen LogP contribution is -2.25. The van der Waals surface area contributed by atoms with Gasteiger partial charge in [-0.25, -0.2) is 0 Å². The molecule has 1 N–H and O–H groups in total. The lowest BCUT2D eigenvalue weighted by atomic mass is 9.96. The number of halogens is 1. The summed E-state index contributed by atoms with van der Waals surface area (Å²) in [5.41, 5.74) is 0.972. The van der Waals surface area contributed by atoms with Crippen LogP contribution in [-0.4, -0.2) is 11.9 Å². The summed E-state index contributed by atoms with van der Waals surface area (Å²) >= 11 is 6.02. The first-order valence-electron chi connectivity index (χ1n) is 7.36. The molecular formula is C18H16ClNO3. The van der Waals surface area contributed by atoms with Gasteiger partial charge in [0.1, 0.15) is 5.75 Å². The first kappa shape index (κ1) is 15.6. The van der Waals surface area contributed by atoms with Crippen molar-refractivity contribution in [1.82, 2.24) is 0 Å². The SMILES string of the molecule is CC(=O)Nc1ccc(OC(=O)C2(c3cccc(Cl)c3)CC2)cc1. The Morgan fingerprint density at radius 2 is 1.83 bits per heavy atom. The Morgan fingerprint density at radius 1 is 1.13 bits per heavy atom. The maximum absolute atomic E-state index is 12.5. The van der Waals surface area contributed by atoms with Gasteiger partial charge >= 0.3 is 5.97 Å². The van der Waals surface area contributed by atoms with Gasteiger partial charge in [0.05, 0.1) is 5.41 Å². The highest BCUT2D eigenvalue weighted by molar-refractivity contribution is 6.30. The van der Waals surface area contributed by atoms with Crippen molar-refractivity contribution in [3.05, 3.63) is 59.1 Å². The summed E-state index contributed by atoms with van der Waals surface area (Å²) in [5, 5.41) is 3.28. The molecule has 1 saturated carbocycles. The van der Waals surface area contributed by atoms with Crippen LogP contribution in [0.5, 0.6) is 5.75 Å². The van der Waals surface area contributed by atoms with Crippen LogP contribution in [0.25, 0.3) is 0 Å². The predicted octanol–water partition coefficient (Wildman–Crippen LogP) is 3.94. The van der Waals surface area contributed by atoms with Crippen molar-refractivity contribution in [3.8, 4) is 5.75 Å². The van der Waals surface area contributed by atoms with Crippen molar-refractivity contribution >= 4 is 29.2 Å². The van der Waals surface area contributed by atoms with E-state index in [0.29, 0.717) is 16.5 Å². The van der Waals surface area contributed by atoms with Crippen LogP contribution in [-0.2, 0) is 15.0 Å². The molecular weight excluding hydrogens is 314 g/mol. The largest absolute Gasteiger partial charge is 0.426 e. The number of carbonyl (C=O) groups excluding carboxylic acids is 2. The van der Waals surface area contributed by atoms with Crippen LogP contribution in [0, 0.1) is 0 Å². The van der Waals surface area contributed by atoms with Crippen molar-refractivity contribution in [2.24, 2.45) is 0 Å². The summed E-state index contributed by atoms with van der Waals surface area (Å²) in [5.74, 6) is 0.0390. The zero-order valence-corrected chi connectivity index (χ0v) is 13.4. The van der Waals surface area contributed by atoms with E-state index < -0.39 is 5.41 Å². The third-order valence-electron chi connectivity index (χ3n) is 3.90. The zero-order valence-electron chi connectivity index (χ0n) is 12.6. The monoisotopic (exact) mass is 329 g/mol. The average molecular weight is 330 g/mol. The normalized spacial score (nSPS) is 14.9. The third-order valence-corrected chi connectivity index (χ3v) is 4.14. The lowest BCUT2D eigenvalue weighted by Gasteiger charge is -2.15. The van der Waals surface area contributed by atoms with Gasteiger partial charge < -0.3 is 10.1 Å². The number of rotatable bonds is 4. The predicted molar refractivity (Wildman–Crippen MR) is 88.7 cm³/mol. The molecule has 4 nitrogen and oxygen atoms in total. The number of ether oxygens (including phenoxy) is 1. The molecule has 118 valence electrons. The van der Waals surface area contributed by atoms with Crippen molar-refractivity contribution in [2.75, 3.05) is 5.32 Å². The molecule has 0 unspecified atom stereocenters. The number of benzene rings is 2. The number of hydrogen-bond acceptors (Lipinski definition) is 3. The van der Waals surface area contributed by atoms with Crippen LogP contribution >= 0.6 is 11.6 Å². The highest BCUT2D eigenvalue weighted by Gasteiger charge is 2.53. The summed E-state index contributed by atoms with van der Waals surface area (Å²) in [7, 11) is 0. The van der Waals surface area contributed by atoms with Gasteiger partial charge in [0.15, 0.2) is 0 Å². The van der Waals surface area contributed by atoms with Crippen LogP contribution in [0.3, 0.4) is 0 Å². The van der Waals surface area contributed by atoms with Crippen molar-refractivity contribution in [1.29, 1.82) is 0 Å². The summed E-state index contributed by atoms with van der Waals surface area (Å²) in [6.07, 6.45) is 1.52. The lowest BCUT2D eigenvalue weighted by molar-refractivity contribution is -0.137. The number of carbonyl (C=O) groups is 2. The summed E-state index contributed by atoms with van der Waals surface area (Å²) in [4.78, 5) is 23.5. The fourth-order valence-corrected chi connectivity index (χ4v) is 2.73. The number of amides is 1. The Balaban J connectivity index is 1.73. The molecule has 1 amide bonds. The second kappa shape index (κ2) is 6.05. The molecule has 0 aliphatic heterocycles. The Labute approximate surface area is 139 Å². The van der Waals surface area contributed by atoms with Crippen LogP contribution in [0.4, 0.5) is 5.69 Å². The number of esters is 1. The molecule has 0 bridgehead atoms. The molecule has 5 heteroatoms. The molecule has 0 aromatic heterocycles. The molecule has 0 heterocycles. The molecule has 0 radical (unpaired) electrons. The van der Waals surface area contributed by atoms with Gasteiger partial charge in [0.2, 0.25) is 5.91 Å². The van der Waals surface area contributed by atoms with Gasteiger partial charge in [0, 0.05) is 17.6 Å². The Morgan fingerprint density at radius 3 is 2.39 bits per heavy atom. The third kappa shape index (κ3) is 3.37. The first-order chi connectivity index (χ1) is 11.0. The van der Waals surface area contributed by atoms with Crippen molar-refractivity contribution in [3.63, 3.8) is 0 Å². The number of hydrogen-bond donors (Lipinski definition) is 1.